The summed E-state index contributed by atoms with van der Waals surface area (Å²) in [5.74, 6) is 0.706. The lowest BCUT2D eigenvalue weighted by molar-refractivity contribution is 0.0985. The highest BCUT2D eigenvalue weighted by molar-refractivity contribution is 7.99. The number of amides is 3. The van der Waals surface area contributed by atoms with Crippen molar-refractivity contribution >= 4 is 35.1 Å². The molecule has 4 rings (SSSR count). The number of methoxy groups -OCH3 is 1. The topological polar surface area (TPSA) is 70.7 Å². The molecule has 31 heavy (non-hydrogen) atoms. The van der Waals surface area contributed by atoms with Gasteiger partial charge in [-0.25, -0.2) is 4.79 Å². The first-order valence-corrected chi connectivity index (χ1v) is 10.8. The van der Waals surface area contributed by atoms with Crippen LogP contribution in [0.25, 0.3) is 0 Å². The Labute approximate surface area is 185 Å². The van der Waals surface area contributed by atoms with E-state index in [0.717, 1.165) is 26.8 Å². The number of rotatable bonds is 5. The van der Waals surface area contributed by atoms with Gasteiger partial charge in [-0.3, -0.25) is 4.79 Å². The van der Waals surface area contributed by atoms with Crippen molar-refractivity contribution < 1.29 is 14.3 Å². The molecule has 0 bridgehead atoms. The summed E-state index contributed by atoms with van der Waals surface area (Å²) in [7, 11) is 1.61. The van der Waals surface area contributed by atoms with E-state index in [0.29, 0.717) is 24.3 Å². The second kappa shape index (κ2) is 9.14. The van der Waals surface area contributed by atoms with Gasteiger partial charge in [-0.15, -0.1) is 0 Å². The number of ether oxygens (including phenoxy) is 1. The third kappa shape index (κ3) is 4.51. The van der Waals surface area contributed by atoms with Crippen LogP contribution in [0.4, 0.5) is 16.2 Å². The summed E-state index contributed by atoms with van der Waals surface area (Å²) in [6, 6.07) is 20.5. The molecule has 0 radical (unpaired) electrons. The average Bonchev–Trinajstić information content (AvgIpc) is 2.91. The van der Waals surface area contributed by atoms with Crippen LogP contribution in [0.2, 0.25) is 0 Å². The number of carbonyl (C=O) groups is 2. The maximum Gasteiger partial charge on any atom is 0.319 e. The third-order valence-corrected chi connectivity index (χ3v) is 6.13. The van der Waals surface area contributed by atoms with Gasteiger partial charge < -0.3 is 20.3 Å². The number of fused-ring (bicyclic) bond motifs is 2. The minimum absolute atomic E-state index is 0.0380. The Morgan fingerprint density at radius 1 is 1.03 bits per heavy atom. The first-order chi connectivity index (χ1) is 15.1. The summed E-state index contributed by atoms with van der Waals surface area (Å²) in [5, 5.41) is 5.71. The SMILES string of the molecule is CCN1C(=O)c2ccccc2Sc2ccc(NC(=O)NCc3cccc(OC)c3)cc21. The highest BCUT2D eigenvalue weighted by Crippen LogP contribution is 2.42. The van der Waals surface area contributed by atoms with Crippen molar-refractivity contribution in [3.8, 4) is 5.75 Å². The van der Waals surface area contributed by atoms with Crippen LogP contribution >= 0.6 is 11.8 Å². The molecule has 3 amide bonds. The fraction of sp³-hybridized carbons (Fsp3) is 0.167. The summed E-state index contributed by atoms with van der Waals surface area (Å²) in [5.41, 5.74) is 3.04. The van der Waals surface area contributed by atoms with E-state index in [1.54, 1.807) is 23.8 Å². The molecular formula is C24H23N3O3S. The van der Waals surface area contributed by atoms with Gasteiger partial charge in [0.2, 0.25) is 0 Å². The van der Waals surface area contributed by atoms with E-state index in [2.05, 4.69) is 10.6 Å². The van der Waals surface area contributed by atoms with Crippen molar-refractivity contribution in [2.45, 2.75) is 23.3 Å². The Hall–Kier alpha value is -3.45. The van der Waals surface area contributed by atoms with Crippen LogP contribution in [0.3, 0.4) is 0 Å². The molecule has 158 valence electrons. The number of carbonyl (C=O) groups excluding carboxylic acids is 2. The first kappa shape index (κ1) is 20.8. The molecule has 0 unspecified atom stereocenters. The predicted octanol–water partition coefficient (Wildman–Crippen LogP) is 5.15. The largest absolute Gasteiger partial charge is 0.497 e. The molecule has 7 heteroatoms. The van der Waals surface area contributed by atoms with E-state index < -0.39 is 0 Å². The Morgan fingerprint density at radius 3 is 2.68 bits per heavy atom. The van der Waals surface area contributed by atoms with Gasteiger partial charge in [-0.2, -0.15) is 0 Å². The Morgan fingerprint density at radius 2 is 1.87 bits per heavy atom. The lowest BCUT2D eigenvalue weighted by Crippen LogP contribution is -2.31. The maximum atomic E-state index is 13.1. The van der Waals surface area contributed by atoms with Crippen molar-refractivity contribution in [3.63, 3.8) is 0 Å². The molecule has 0 spiro atoms. The molecule has 6 nitrogen and oxygen atoms in total. The monoisotopic (exact) mass is 433 g/mol. The lowest BCUT2D eigenvalue weighted by atomic mass is 10.1. The number of nitrogens with zero attached hydrogens (tertiary/aromatic N) is 1. The van der Waals surface area contributed by atoms with Gasteiger partial charge in [0.05, 0.1) is 18.4 Å². The number of hydrogen-bond acceptors (Lipinski definition) is 4. The van der Waals surface area contributed by atoms with Gasteiger partial charge in [0.25, 0.3) is 5.91 Å². The minimum atomic E-state index is -0.318. The normalized spacial score (nSPS) is 12.5. The second-order valence-electron chi connectivity index (χ2n) is 6.99. The van der Waals surface area contributed by atoms with Crippen LogP contribution in [-0.2, 0) is 6.54 Å². The molecule has 2 N–H and O–H groups in total. The molecule has 3 aromatic carbocycles. The summed E-state index contributed by atoms with van der Waals surface area (Å²) in [6.45, 7) is 2.85. The molecule has 0 aromatic heterocycles. The van der Waals surface area contributed by atoms with E-state index in [4.69, 9.17) is 4.74 Å². The Bertz CT molecular complexity index is 1130. The van der Waals surface area contributed by atoms with E-state index in [1.807, 2.05) is 73.7 Å². The molecule has 1 aliphatic heterocycles. The van der Waals surface area contributed by atoms with Crippen LogP contribution in [-0.4, -0.2) is 25.6 Å². The summed E-state index contributed by atoms with van der Waals surface area (Å²) < 4.78 is 5.21. The number of urea groups is 1. The average molecular weight is 434 g/mol. The summed E-state index contributed by atoms with van der Waals surface area (Å²) >= 11 is 1.56. The van der Waals surface area contributed by atoms with Crippen LogP contribution in [0.1, 0.15) is 22.8 Å². The van der Waals surface area contributed by atoms with Crippen molar-refractivity contribution in [2.75, 3.05) is 23.9 Å². The van der Waals surface area contributed by atoms with Crippen molar-refractivity contribution in [3.05, 3.63) is 77.9 Å². The predicted molar refractivity (Wildman–Crippen MR) is 123 cm³/mol. The maximum absolute atomic E-state index is 13.1. The van der Waals surface area contributed by atoms with E-state index in [-0.39, 0.29) is 11.9 Å². The fourth-order valence-electron chi connectivity index (χ4n) is 3.45. The zero-order valence-electron chi connectivity index (χ0n) is 17.3. The minimum Gasteiger partial charge on any atom is -0.497 e. The van der Waals surface area contributed by atoms with Crippen LogP contribution in [0.15, 0.2) is 76.5 Å². The van der Waals surface area contributed by atoms with Crippen LogP contribution in [0.5, 0.6) is 5.75 Å². The summed E-state index contributed by atoms with van der Waals surface area (Å²) in [6.07, 6.45) is 0. The van der Waals surface area contributed by atoms with E-state index in [1.165, 1.54) is 0 Å². The molecule has 1 aliphatic rings. The van der Waals surface area contributed by atoms with Gasteiger partial charge in [0.1, 0.15) is 5.75 Å². The van der Waals surface area contributed by atoms with Gasteiger partial charge in [0, 0.05) is 28.6 Å². The second-order valence-corrected chi connectivity index (χ2v) is 8.07. The van der Waals surface area contributed by atoms with Crippen molar-refractivity contribution in [2.24, 2.45) is 0 Å². The number of nitrogens with one attached hydrogen (secondary N) is 2. The van der Waals surface area contributed by atoms with Crippen molar-refractivity contribution in [1.82, 2.24) is 5.32 Å². The van der Waals surface area contributed by atoms with Crippen molar-refractivity contribution in [1.29, 1.82) is 0 Å². The molecule has 0 aliphatic carbocycles. The number of anilines is 2. The molecule has 0 fully saturated rings. The summed E-state index contributed by atoms with van der Waals surface area (Å²) in [4.78, 5) is 29.2. The molecule has 1 heterocycles. The molecule has 3 aromatic rings. The van der Waals surface area contributed by atoms with E-state index in [9.17, 15) is 9.59 Å². The zero-order valence-corrected chi connectivity index (χ0v) is 18.2. The Balaban J connectivity index is 1.50. The van der Waals surface area contributed by atoms with Crippen LogP contribution in [0, 0.1) is 0 Å². The highest BCUT2D eigenvalue weighted by atomic mass is 32.2. The first-order valence-electron chi connectivity index (χ1n) is 9.99. The third-order valence-electron chi connectivity index (χ3n) is 4.99. The smallest absolute Gasteiger partial charge is 0.319 e. The lowest BCUT2D eigenvalue weighted by Gasteiger charge is -2.22. The molecule has 0 atom stereocenters. The highest BCUT2D eigenvalue weighted by Gasteiger charge is 2.26. The molecule has 0 saturated carbocycles. The van der Waals surface area contributed by atoms with Gasteiger partial charge in [-0.05, 0) is 55.0 Å². The van der Waals surface area contributed by atoms with Gasteiger partial charge in [0.15, 0.2) is 0 Å². The van der Waals surface area contributed by atoms with Crippen LogP contribution < -0.4 is 20.3 Å². The zero-order chi connectivity index (χ0) is 21.8. The van der Waals surface area contributed by atoms with Gasteiger partial charge in [-0.1, -0.05) is 36.0 Å². The number of hydrogen-bond donors (Lipinski definition) is 2. The Kier molecular flexibility index (Phi) is 6.13. The molecular weight excluding hydrogens is 410 g/mol. The van der Waals surface area contributed by atoms with E-state index >= 15 is 0 Å². The van der Waals surface area contributed by atoms with Gasteiger partial charge >= 0.3 is 6.03 Å². The molecule has 0 saturated heterocycles. The quantitative estimate of drug-likeness (QED) is 0.584. The fourth-order valence-corrected chi connectivity index (χ4v) is 4.51. The standard InChI is InChI=1S/C24H23N3O3S/c1-3-27-20-14-17(26-24(29)25-15-16-7-6-8-18(13-16)30-2)11-12-22(20)31-21-10-5-4-9-19(21)23(27)28/h4-14H,3,15H2,1-2H3,(H2,25,26,29). The number of benzene rings is 3.